The molecule has 4 heterocycles. The van der Waals surface area contributed by atoms with Crippen molar-refractivity contribution < 1.29 is 0 Å². The van der Waals surface area contributed by atoms with Gasteiger partial charge in [0.05, 0.1) is 0 Å². The summed E-state index contributed by atoms with van der Waals surface area (Å²) < 4.78 is 0. The van der Waals surface area contributed by atoms with E-state index >= 15 is 0 Å². The normalized spacial score (nSPS) is 20.3. The number of anilines is 2. The molecule has 0 atom stereocenters. The standard InChI is InChI=1S/C25H30N2/c1-5-20-14-18(15-21-6-2-10-26(9-1)24(20)21)13-19-16-22-7-3-11-27-12-4-8-23(17-19)25(22)27/h14-17H,1-13H2. The van der Waals surface area contributed by atoms with E-state index in [2.05, 4.69) is 34.1 Å². The van der Waals surface area contributed by atoms with E-state index in [1.807, 2.05) is 0 Å². The summed E-state index contributed by atoms with van der Waals surface area (Å²) in [6.07, 6.45) is 11.5. The lowest BCUT2D eigenvalue weighted by Crippen LogP contribution is -2.34. The number of hydrogen-bond donors (Lipinski definition) is 0. The molecule has 0 amide bonds. The zero-order valence-corrected chi connectivity index (χ0v) is 16.4. The van der Waals surface area contributed by atoms with E-state index in [1.54, 1.807) is 44.8 Å². The number of hydrogen-bond acceptors (Lipinski definition) is 2. The Morgan fingerprint density at radius 2 is 0.852 bits per heavy atom. The molecule has 2 heteroatoms. The Morgan fingerprint density at radius 1 is 0.519 bits per heavy atom. The third-order valence-corrected chi connectivity index (χ3v) is 7.19. The van der Waals surface area contributed by atoms with Gasteiger partial charge in [-0.2, -0.15) is 0 Å². The second kappa shape index (κ2) is 6.29. The van der Waals surface area contributed by atoms with Crippen LogP contribution >= 0.6 is 0 Å². The SMILES string of the molecule is c1c(Cc2cc3c4c(c2)CCCN4CCC3)cc2c3c1CCCN3CCC2. The van der Waals surface area contributed by atoms with Gasteiger partial charge in [-0.3, -0.25) is 0 Å². The molecule has 0 saturated heterocycles. The van der Waals surface area contributed by atoms with Crippen LogP contribution in [0.2, 0.25) is 0 Å². The zero-order valence-electron chi connectivity index (χ0n) is 16.4. The van der Waals surface area contributed by atoms with Gasteiger partial charge >= 0.3 is 0 Å². The third-order valence-electron chi connectivity index (χ3n) is 7.19. The van der Waals surface area contributed by atoms with Crippen LogP contribution in [0.25, 0.3) is 0 Å². The second-order valence-electron chi connectivity index (χ2n) is 9.09. The summed E-state index contributed by atoms with van der Waals surface area (Å²) in [5.41, 5.74) is 12.8. The first-order valence-electron chi connectivity index (χ1n) is 11.1. The Hall–Kier alpha value is -1.96. The molecule has 2 nitrogen and oxygen atoms in total. The number of benzene rings is 2. The highest BCUT2D eigenvalue weighted by atomic mass is 15.1. The predicted molar refractivity (Wildman–Crippen MR) is 113 cm³/mol. The smallest absolute Gasteiger partial charge is 0.0431 e. The van der Waals surface area contributed by atoms with Gasteiger partial charge in [0.1, 0.15) is 0 Å². The molecule has 4 aliphatic heterocycles. The lowest BCUT2D eigenvalue weighted by Gasteiger charge is -2.38. The van der Waals surface area contributed by atoms with E-state index in [0.717, 1.165) is 6.42 Å². The fourth-order valence-corrected chi connectivity index (χ4v) is 6.19. The van der Waals surface area contributed by atoms with Crippen LogP contribution < -0.4 is 9.80 Å². The molecule has 0 saturated carbocycles. The predicted octanol–water partition coefficient (Wildman–Crippen LogP) is 4.68. The first-order valence-corrected chi connectivity index (χ1v) is 11.1. The Kier molecular flexibility index (Phi) is 3.74. The van der Waals surface area contributed by atoms with Crippen LogP contribution in [0.1, 0.15) is 59.1 Å². The molecular formula is C25H30N2. The first kappa shape index (κ1) is 16.0. The van der Waals surface area contributed by atoms with E-state index in [0.29, 0.717) is 0 Å². The summed E-state index contributed by atoms with van der Waals surface area (Å²) in [5, 5.41) is 0. The Labute approximate surface area is 163 Å². The minimum Gasteiger partial charge on any atom is -0.371 e. The Morgan fingerprint density at radius 3 is 1.19 bits per heavy atom. The van der Waals surface area contributed by atoms with Gasteiger partial charge in [-0.15, -0.1) is 0 Å². The lowest BCUT2D eigenvalue weighted by atomic mass is 9.86. The van der Waals surface area contributed by atoms with Crippen molar-refractivity contribution in [3.63, 3.8) is 0 Å². The summed E-state index contributed by atoms with van der Waals surface area (Å²) in [5.74, 6) is 0. The van der Waals surface area contributed by atoms with Crippen LogP contribution in [-0.4, -0.2) is 26.2 Å². The topological polar surface area (TPSA) is 6.48 Å². The van der Waals surface area contributed by atoms with Gasteiger partial charge in [0.2, 0.25) is 0 Å². The van der Waals surface area contributed by atoms with Gasteiger partial charge in [0.25, 0.3) is 0 Å². The maximum Gasteiger partial charge on any atom is 0.0431 e. The lowest BCUT2D eigenvalue weighted by molar-refractivity contribution is 0.632. The summed E-state index contributed by atoms with van der Waals surface area (Å²) in [4.78, 5) is 5.30. The molecule has 0 aromatic heterocycles. The van der Waals surface area contributed by atoms with Crippen molar-refractivity contribution in [3.8, 4) is 0 Å². The average Bonchev–Trinajstić information content (AvgIpc) is 2.69. The minimum atomic E-state index is 1.11. The van der Waals surface area contributed by atoms with Crippen LogP contribution in [0.4, 0.5) is 11.4 Å². The molecule has 2 aromatic rings. The van der Waals surface area contributed by atoms with Gasteiger partial charge < -0.3 is 9.80 Å². The molecular weight excluding hydrogens is 328 g/mol. The van der Waals surface area contributed by atoms with Crippen molar-refractivity contribution in [1.82, 2.24) is 0 Å². The quantitative estimate of drug-likeness (QED) is 0.769. The fourth-order valence-electron chi connectivity index (χ4n) is 6.19. The van der Waals surface area contributed by atoms with Crippen LogP contribution in [0, 0.1) is 0 Å². The Balaban J connectivity index is 1.37. The van der Waals surface area contributed by atoms with Crippen LogP contribution in [-0.2, 0) is 32.1 Å². The molecule has 0 N–H and O–H groups in total. The highest BCUT2D eigenvalue weighted by Crippen LogP contribution is 2.38. The number of nitrogens with zero attached hydrogens (tertiary/aromatic N) is 2. The Bertz CT molecular complexity index is 762. The van der Waals surface area contributed by atoms with Gasteiger partial charge in [0.15, 0.2) is 0 Å². The second-order valence-corrected chi connectivity index (χ2v) is 9.09. The van der Waals surface area contributed by atoms with E-state index in [9.17, 15) is 0 Å². The zero-order chi connectivity index (χ0) is 17.8. The molecule has 140 valence electrons. The maximum atomic E-state index is 2.65. The molecule has 0 bridgehead atoms. The molecule has 6 rings (SSSR count). The van der Waals surface area contributed by atoms with Gasteiger partial charge in [-0.25, -0.2) is 0 Å². The van der Waals surface area contributed by atoms with Crippen molar-refractivity contribution in [2.45, 2.75) is 57.8 Å². The van der Waals surface area contributed by atoms with E-state index < -0.39 is 0 Å². The molecule has 0 fully saturated rings. The molecule has 27 heavy (non-hydrogen) atoms. The first-order chi connectivity index (χ1) is 13.3. The molecule has 0 unspecified atom stereocenters. The minimum absolute atomic E-state index is 1.11. The highest BCUT2D eigenvalue weighted by molar-refractivity contribution is 5.66. The van der Waals surface area contributed by atoms with Crippen molar-refractivity contribution in [2.24, 2.45) is 0 Å². The van der Waals surface area contributed by atoms with Crippen molar-refractivity contribution in [2.75, 3.05) is 36.0 Å². The van der Waals surface area contributed by atoms with Crippen LogP contribution in [0.5, 0.6) is 0 Å². The average molecular weight is 359 g/mol. The molecule has 0 radical (unpaired) electrons. The summed E-state index contributed by atoms with van der Waals surface area (Å²) in [6.45, 7) is 5.07. The summed E-state index contributed by atoms with van der Waals surface area (Å²) in [7, 11) is 0. The van der Waals surface area contributed by atoms with Crippen LogP contribution in [0.3, 0.4) is 0 Å². The van der Waals surface area contributed by atoms with Gasteiger partial charge in [-0.1, -0.05) is 24.3 Å². The number of aryl methyl sites for hydroxylation is 4. The van der Waals surface area contributed by atoms with E-state index in [4.69, 9.17) is 0 Å². The van der Waals surface area contributed by atoms with Gasteiger partial charge in [-0.05, 0) is 91.2 Å². The van der Waals surface area contributed by atoms with Gasteiger partial charge in [0, 0.05) is 37.6 Å². The van der Waals surface area contributed by atoms with Crippen molar-refractivity contribution in [1.29, 1.82) is 0 Å². The largest absolute Gasteiger partial charge is 0.371 e. The molecule has 0 spiro atoms. The van der Waals surface area contributed by atoms with Crippen molar-refractivity contribution >= 4 is 11.4 Å². The highest BCUT2D eigenvalue weighted by Gasteiger charge is 2.26. The van der Waals surface area contributed by atoms with Crippen LogP contribution in [0.15, 0.2) is 24.3 Å². The van der Waals surface area contributed by atoms with E-state index in [-0.39, 0.29) is 0 Å². The third kappa shape index (κ3) is 2.68. The molecule has 4 aliphatic rings. The molecule has 0 aliphatic carbocycles. The fraction of sp³-hybridized carbons (Fsp3) is 0.520. The number of rotatable bonds is 2. The maximum absolute atomic E-state index is 2.65. The summed E-state index contributed by atoms with van der Waals surface area (Å²) >= 11 is 0. The molecule has 2 aromatic carbocycles. The monoisotopic (exact) mass is 358 g/mol. The summed E-state index contributed by atoms with van der Waals surface area (Å²) in [6, 6.07) is 10.1. The van der Waals surface area contributed by atoms with E-state index in [1.165, 1.54) is 77.5 Å². The van der Waals surface area contributed by atoms with Crippen molar-refractivity contribution in [3.05, 3.63) is 57.6 Å².